The molecule has 0 saturated heterocycles. The largest absolute Gasteiger partial charge is 2.00 e. The van der Waals surface area contributed by atoms with Crippen LogP contribution < -0.4 is 12.4 Å². The Kier molecular flexibility index (Phi) is 31.3. The molecule has 0 radical (unpaired) electrons. The van der Waals surface area contributed by atoms with Crippen molar-refractivity contribution in [2.24, 2.45) is 0 Å². The van der Waals surface area contributed by atoms with Gasteiger partial charge in [-0.2, -0.15) is 0 Å². The quantitative estimate of drug-likeness (QED) is 0.341. The molecule has 0 fully saturated rings. The molecule has 0 aliphatic heterocycles. The summed E-state index contributed by atoms with van der Waals surface area (Å²) in [5.41, 5.74) is 0. The normalized spacial score (nSPS) is 6.75. The Labute approximate surface area is 71.2 Å². The van der Waals surface area contributed by atoms with Crippen LogP contribution in [-0.4, -0.2) is 27.4 Å². The molecule has 2 nitrogen and oxygen atoms in total. The van der Waals surface area contributed by atoms with Crippen LogP contribution in [0.5, 0.6) is 0 Å². The smallest absolute Gasteiger partial charge is 1.00 e. The molecule has 0 aliphatic carbocycles. The van der Waals surface area contributed by atoms with Crippen LogP contribution in [-0.2, 0) is 31.2 Å². The maximum Gasteiger partial charge on any atom is 2.00 e. The van der Waals surface area contributed by atoms with E-state index in [1.54, 1.807) is 14.2 Å². The number of methoxy groups -OCH3 is 2. The summed E-state index contributed by atoms with van der Waals surface area (Å²) in [6.07, 6.45) is 0. The van der Waals surface area contributed by atoms with Crippen LogP contribution in [0.2, 0.25) is 0 Å². The minimum absolute atomic E-state index is 0. The van der Waals surface area contributed by atoms with E-state index in [-0.39, 0.29) is 34.1 Å². The Morgan fingerprint density at radius 2 is 1.25 bits per heavy atom. The van der Waals surface area contributed by atoms with Crippen molar-refractivity contribution in [2.75, 3.05) is 27.4 Å². The van der Waals surface area contributed by atoms with Crippen LogP contribution in [0.1, 0.15) is 0 Å². The van der Waals surface area contributed by atoms with E-state index in [1.165, 1.54) is 0 Å². The Morgan fingerprint density at radius 1 is 1.00 bits per heavy atom. The van der Waals surface area contributed by atoms with Gasteiger partial charge in [-0.1, -0.05) is 0 Å². The zero-order chi connectivity index (χ0) is 4.83. The van der Waals surface area contributed by atoms with Crippen LogP contribution in [0.25, 0.3) is 0 Å². The van der Waals surface area contributed by atoms with Crippen molar-refractivity contribution >= 4 is 0 Å². The molecule has 0 aliphatic rings. The van der Waals surface area contributed by atoms with Crippen LogP contribution in [0, 0.1) is 0 Å². The third kappa shape index (κ3) is 15.8. The van der Waals surface area contributed by atoms with Gasteiger partial charge in [-0.05, 0) is 0 Å². The van der Waals surface area contributed by atoms with Crippen molar-refractivity contribution in [3.05, 3.63) is 0 Å². The second kappa shape index (κ2) is 15.7. The van der Waals surface area contributed by atoms with E-state index in [0.29, 0.717) is 13.2 Å². The molecule has 0 N–H and O–H groups in total. The van der Waals surface area contributed by atoms with Crippen molar-refractivity contribution in [1.29, 1.82) is 0 Å². The van der Waals surface area contributed by atoms with Gasteiger partial charge in [0.2, 0.25) is 0 Å². The first-order chi connectivity index (χ1) is 2.91. The summed E-state index contributed by atoms with van der Waals surface area (Å²) in [6.45, 7) is 1.38. The average Bonchev–Trinajstić information content (AvgIpc) is 1.61. The van der Waals surface area contributed by atoms with Crippen molar-refractivity contribution in [1.82, 2.24) is 0 Å². The van der Waals surface area contributed by atoms with Crippen LogP contribution in [0.15, 0.2) is 0 Å². The molecule has 0 aromatic carbocycles. The van der Waals surface area contributed by atoms with Gasteiger partial charge in [0.05, 0.1) is 13.2 Å². The second-order valence-electron chi connectivity index (χ2n) is 0.986. The predicted octanol–water partition coefficient (Wildman–Crippen LogP) is -2.72. The number of hydrogen-bond donors (Lipinski definition) is 0. The van der Waals surface area contributed by atoms with E-state index in [9.17, 15) is 0 Å². The van der Waals surface area contributed by atoms with Gasteiger partial charge in [-0.25, -0.2) is 0 Å². The van der Waals surface area contributed by atoms with Crippen molar-refractivity contribution in [3.8, 4) is 0 Å². The summed E-state index contributed by atoms with van der Waals surface area (Å²) in [5.74, 6) is 0. The zero-order valence-electron chi connectivity index (χ0n) is 5.11. The van der Waals surface area contributed by atoms with E-state index in [0.717, 1.165) is 0 Å². The molecule has 0 saturated carbocycles. The molecular formula is C4H10ClO2Ti+. The Morgan fingerprint density at radius 3 is 1.38 bits per heavy atom. The van der Waals surface area contributed by atoms with Crippen LogP contribution in [0.3, 0.4) is 0 Å². The third-order valence-corrected chi connectivity index (χ3v) is 0.492. The summed E-state index contributed by atoms with van der Waals surface area (Å²) >= 11 is 0. The van der Waals surface area contributed by atoms with Crippen molar-refractivity contribution in [2.45, 2.75) is 0 Å². The van der Waals surface area contributed by atoms with Crippen molar-refractivity contribution < 1.29 is 43.6 Å². The van der Waals surface area contributed by atoms with Crippen LogP contribution >= 0.6 is 0 Å². The second-order valence-corrected chi connectivity index (χ2v) is 0.986. The van der Waals surface area contributed by atoms with Gasteiger partial charge >= 0.3 is 21.7 Å². The summed E-state index contributed by atoms with van der Waals surface area (Å²) in [6, 6.07) is 0. The Balaban J connectivity index is -0.000000125. The van der Waals surface area contributed by atoms with Gasteiger partial charge in [0.15, 0.2) is 0 Å². The Bertz CT molecular complexity index is 26.0. The molecule has 0 rings (SSSR count). The summed E-state index contributed by atoms with van der Waals surface area (Å²) in [7, 11) is 3.30. The molecule has 0 heterocycles. The summed E-state index contributed by atoms with van der Waals surface area (Å²) < 4.78 is 9.31. The minimum atomic E-state index is 0. The molecule has 0 aromatic rings. The van der Waals surface area contributed by atoms with E-state index in [2.05, 4.69) is 9.47 Å². The first kappa shape index (κ1) is 16.0. The predicted molar refractivity (Wildman–Crippen MR) is 23.8 cm³/mol. The van der Waals surface area contributed by atoms with Crippen molar-refractivity contribution in [3.63, 3.8) is 0 Å². The van der Waals surface area contributed by atoms with E-state index >= 15 is 0 Å². The van der Waals surface area contributed by atoms with Gasteiger partial charge < -0.3 is 21.9 Å². The van der Waals surface area contributed by atoms with Gasteiger partial charge in [0, 0.05) is 14.2 Å². The molecule has 0 aromatic heterocycles. The molecule has 48 valence electrons. The fourth-order valence-corrected chi connectivity index (χ4v) is 0.167. The maximum absolute atomic E-state index is 4.66. The standard InChI is InChI=1S/C4H10O2.ClH.Ti/c1-5-3-4-6-2;;/h3-4H2,1-2H3;1H;/q;;+2/p-1. The average molecular weight is 173 g/mol. The summed E-state index contributed by atoms with van der Waals surface area (Å²) in [4.78, 5) is 0. The SMILES string of the molecule is COCCOC.[Cl-].[Ti+2]. The van der Waals surface area contributed by atoms with E-state index in [1.807, 2.05) is 0 Å². The maximum atomic E-state index is 4.66. The van der Waals surface area contributed by atoms with Crippen LogP contribution in [0.4, 0.5) is 0 Å². The molecule has 0 bridgehead atoms. The number of ether oxygens (including phenoxy) is 2. The van der Waals surface area contributed by atoms with Gasteiger partial charge in [0.1, 0.15) is 0 Å². The first-order valence-electron chi connectivity index (χ1n) is 1.89. The van der Waals surface area contributed by atoms with Gasteiger partial charge in [0.25, 0.3) is 0 Å². The monoisotopic (exact) mass is 173 g/mol. The van der Waals surface area contributed by atoms with Gasteiger partial charge in [-0.15, -0.1) is 0 Å². The van der Waals surface area contributed by atoms with E-state index < -0.39 is 0 Å². The molecule has 0 amide bonds. The summed E-state index contributed by atoms with van der Waals surface area (Å²) in [5, 5.41) is 0. The Hall–Kier alpha value is 0.924. The van der Waals surface area contributed by atoms with Gasteiger partial charge in [-0.3, -0.25) is 0 Å². The molecule has 8 heavy (non-hydrogen) atoms. The fourth-order valence-electron chi connectivity index (χ4n) is 0.167. The molecule has 0 spiro atoms. The third-order valence-electron chi connectivity index (χ3n) is 0.492. The number of halogens is 1. The number of hydrogen-bond acceptors (Lipinski definition) is 2. The zero-order valence-corrected chi connectivity index (χ0v) is 7.43. The molecule has 0 unspecified atom stereocenters. The van der Waals surface area contributed by atoms with E-state index in [4.69, 9.17) is 0 Å². The first-order valence-corrected chi connectivity index (χ1v) is 1.89. The number of rotatable bonds is 3. The molecule has 0 atom stereocenters. The molecule has 4 heteroatoms. The minimum Gasteiger partial charge on any atom is -1.00 e. The topological polar surface area (TPSA) is 18.5 Å². The fraction of sp³-hybridized carbons (Fsp3) is 1.00. The molecular weight excluding hydrogens is 163 g/mol.